The molecule has 2 fully saturated rings. The molecule has 3 rings (SSSR count). The first-order valence-electron chi connectivity index (χ1n) is 10.0. The van der Waals surface area contributed by atoms with Crippen molar-refractivity contribution in [2.75, 3.05) is 13.1 Å². The van der Waals surface area contributed by atoms with Gasteiger partial charge < -0.3 is 14.7 Å². The molecule has 1 amide bonds. The summed E-state index contributed by atoms with van der Waals surface area (Å²) in [4.78, 5) is 16.0. The minimum atomic E-state index is -1.26. The summed E-state index contributed by atoms with van der Waals surface area (Å²) >= 11 is 0. The van der Waals surface area contributed by atoms with Gasteiger partial charge in [-0.15, -0.1) is 0 Å². The Morgan fingerprint density at radius 2 is 1.96 bits per heavy atom. The van der Waals surface area contributed by atoms with Crippen LogP contribution in [0.15, 0.2) is 30.3 Å². The quantitative estimate of drug-likeness (QED) is 0.864. The summed E-state index contributed by atoms with van der Waals surface area (Å²) < 4.78 is 5.41. The standard InChI is InChI=1S/C22H31N3O3/c1-17-9-8-12-21(14-23,25(17)13-18-10-6-5-7-11-18)22(27)15-24(16-22)19(26)28-20(2,3)4/h5-7,10-11,17,27H,8-9,12-13,15-16H2,1-4H3/t17-,21+/m1/s1. The molecule has 6 nitrogen and oxygen atoms in total. The lowest BCUT2D eigenvalue weighted by molar-refractivity contribution is -0.186. The highest BCUT2D eigenvalue weighted by Crippen LogP contribution is 2.45. The van der Waals surface area contributed by atoms with Crippen molar-refractivity contribution in [3.05, 3.63) is 35.9 Å². The topological polar surface area (TPSA) is 76.8 Å². The van der Waals surface area contributed by atoms with Crippen LogP contribution in [0.2, 0.25) is 0 Å². The average molecular weight is 386 g/mol. The summed E-state index contributed by atoms with van der Waals surface area (Å²) in [6, 6.07) is 12.7. The zero-order valence-electron chi connectivity index (χ0n) is 17.3. The Hall–Kier alpha value is -2.10. The number of amides is 1. The number of piperidine rings is 1. The number of ether oxygens (including phenoxy) is 1. The molecule has 152 valence electrons. The van der Waals surface area contributed by atoms with Crippen molar-refractivity contribution in [1.29, 1.82) is 5.26 Å². The summed E-state index contributed by atoms with van der Waals surface area (Å²) in [7, 11) is 0. The van der Waals surface area contributed by atoms with Crippen molar-refractivity contribution < 1.29 is 14.6 Å². The van der Waals surface area contributed by atoms with Gasteiger partial charge in [0.2, 0.25) is 0 Å². The van der Waals surface area contributed by atoms with Crippen LogP contribution in [0.5, 0.6) is 0 Å². The van der Waals surface area contributed by atoms with Crippen LogP contribution in [0.3, 0.4) is 0 Å². The first-order valence-corrected chi connectivity index (χ1v) is 10.0. The van der Waals surface area contributed by atoms with Crippen molar-refractivity contribution in [3.63, 3.8) is 0 Å². The zero-order valence-corrected chi connectivity index (χ0v) is 17.3. The van der Waals surface area contributed by atoms with Crippen LogP contribution in [-0.4, -0.2) is 56.9 Å². The number of carbonyl (C=O) groups is 1. The fourth-order valence-electron chi connectivity index (χ4n) is 4.43. The van der Waals surface area contributed by atoms with E-state index in [-0.39, 0.29) is 19.1 Å². The molecule has 2 heterocycles. The third-order valence-corrected chi connectivity index (χ3v) is 5.89. The normalized spacial score (nSPS) is 27.6. The van der Waals surface area contributed by atoms with Gasteiger partial charge in [-0.1, -0.05) is 30.3 Å². The van der Waals surface area contributed by atoms with Crippen molar-refractivity contribution in [1.82, 2.24) is 9.80 Å². The van der Waals surface area contributed by atoms with Crippen molar-refractivity contribution in [2.24, 2.45) is 0 Å². The molecule has 28 heavy (non-hydrogen) atoms. The molecule has 0 bridgehead atoms. The highest BCUT2D eigenvalue weighted by atomic mass is 16.6. The predicted molar refractivity (Wildman–Crippen MR) is 106 cm³/mol. The number of aliphatic hydroxyl groups is 1. The Labute approximate surface area is 167 Å². The van der Waals surface area contributed by atoms with Gasteiger partial charge in [0.25, 0.3) is 0 Å². The summed E-state index contributed by atoms with van der Waals surface area (Å²) in [6.45, 7) is 8.40. The van der Waals surface area contributed by atoms with Gasteiger partial charge in [0, 0.05) is 12.6 Å². The molecule has 1 N–H and O–H groups in total. The van der Waals surface area contributed by atoms with E-state index in [0.717, 1.165) is 18.4 Å². The van der Waals surface area contributed by atoms with Gasteiger partial charge in [-0.05, 0) is 52.5 Å². The third kappa shape index (κ3) is 3.74. The SMILES string of the molecule is C[C@@H]1CCC[C@](C#N)(C2(O)CN(C(=O)OC(C)(C)C)C2)N1Cc1ccccc1. The second-order valence-corrected chi connectivity index (χ2v) is 9.19. The molecule has 2 aliphatic rings. The van der Waals surface area contributed by atoms with Gasteiger partial charge in [-0.3, -0.25) is 4.90 Å². The molecule has 1 aromatic rings. The van der Waals surface area contributed by atoms with Gasteiger partial charge in [-0.2, -0.15) is 5.26 Å². The first kappa shape index (κ1) is 20.6. The molecular weight excluding hydrogens is 354 g/mol. The van der Waals surface area contributed by atoms with E-state index in [0.29, 0.717) is 13.0 Å². The number of likely N-dealkylation sites (tertiary alicyclic amines) is 2. The smallest absolute Gasteiger partial charge is 0.410 e. The molecule has 6 heteroatoms. The number of nitrogens with zero attached hydrogens (tertiary/aromatic N) is 3. The van der Waals surface area contributed by atoms with Gasteiger partial charge in [0.1, 0.15) is 16.7 Å². The highest BCUT2D eigenvalue weighted by molar-refractivity contribution is 5.70. The van der Waals surface area contributed by atoms with Gasteiger partial charge >= 0.3 is 6.09 Å². The van der Waals surface area contributed by atoms with Gasteiger partial charge in [-0.25, -0.2) is 4.79 Å². The van der Waals surface area contributed by atoms with E-state index in [1.807, 2.05) is 51.1 Å². The minimum Gasteiger partial charge on any atom is -0.444 e. The van der Waals surface area contributed by atoms with E-state index in [2.05, 4.69) is 17.9 Å². The van der Waals surface area contributed by atoms with Crippen LogP contribution in [0, 0.1) is 11.3 Å². The summed E-state index contributed by atoms with van der Waals surface area (Å²) in [5.74, 6) is 0. The molecule has 0 saturated carbocycles. The lowest BCUT2D eigenvalue weighted by atomic mass is 9.68. The lowest BCUT2D eigenvalue weighted by Crippen LogP contribution is -2.79. The molecule has 2 saturated heterocycles. The lowest BCUT2D eigenvalue weighted by Gasteiger charge is -2.60. The van der Waals surface area contributed by atoms with Crippen LogP contribution in [-0.2, 0) is 11.3 Å². The van der Waals surface area contributed by atoms with E-state index in [1.165, 1.54) is 4.90 Å². The molecule has 0 radical (unpaired) electrons. The van der Waals surface area contributed by atoms with Crippen LogP contribution in [0.1, 0.15) is 52.5 Å². The Kier molecular flexibility index (Phi) is 5.44. The van der Waals surface area contributed by atoms with Crippen molar-refractivity contribution >= 4 is 6.09 Å². The number of rotatable bonds is 3. The maximum Gasteiger partial charge on any atom is 0.410 e. The molecule has 2 aliphatic heterocycles. The number of nitriles is 1. The second-order valence-electron chi connectivity index (χ2n) is 9.19. The molecular formula is C22H31N3O3. The number of carbonyl (C=O) groups excluding carboxylic acids is 1. The summed E-state index contributed by atoms with van der Waals surface area (Å²) in [6.07, 6.45) is 2.03. The maximum absolute atomic E-state index is 12.3. The number of β-amino-alcohol motifs (C(OH)–C–C–N with tert-alkyl or cyclic N) is 1. The van der Waals surface area contributed by atoms with E-state index < -0.39 is 22.8 Å². The van der Waals surface area contributed by atoms with Crippen LogP contribution in [0.4, 0.5) is 4.79 Å². The largest absolute Gasteiger partial charge is 0.444 e. The van der Waals surface area contributed by atoms with Crippen LogP contribution >= 0.6 is 0 Å². The number of benzene rings is 1. The summed E-state index contributed by atoms with van der Waals surface area (Å²) in [5, 5.41) is 21.7. The van der Waals surface area contributed by atoms with E-state index in [1.54, 1.807) is 0 Å². The van der Waals surface area contributed by atoms with E-state index >= 15 is 0 Å². The van der Waals surface area contributed by atoms with Crippen LogP contribution < -0.4 is 0 Å². The Balaban J connectivity index is 1.82. The number of hydrogen-bond donors (Lipinski definition) is 1. The fraction of sp³-hybridized carbons (Fsp3) is 0.636. The maximum atomic E-state index is 12.3. The van der Waals surface area contributed by atoms with Gasteiger partial charge in [0.05, 0.1) is 19.2 Å². The fourth-order valence-corrected chi connectivity index (χ4v) is 4.43. The van der Waals surface area contributed by atoms with Gasteiger partial charge in [0.15, 0.2) is 0 Å². The average Bonchev–Trinajstić information content (AvgIpc) is 2.60. The monoisotopic (exact) mass is 385 g/mol. The van der Waals surface area contributed by atoms with E-state index in [9.17, 15) is 15.2 Å². The molecule has 0 aromatic heterocycles. The Bertz CT molecular complexity index is 747. The molecule has 1 aromatic carbocycles. The Morgan fingerprint density at radius 3 is 2.54 bits per heavy atom. The van der Waals surface area contributed by atoms with Crippen molar-refractivity contribution in [2.45, 2.75) is 76.3 Å². The first-order chi connectivity index (χ1) is 13.1. The minimum absolute atomic E-state index is 0.119. The van der Waals surface area contributed by atoms with Crippen LogP contribution in [0.25, 0.3) is 0 Å². The summed E-state index contributed by atoms with van der Waals surface area (Å²) in [5.41, 5.74) is -1.75. The third-order valence-electron chi connectivity index (χ3n) is 5.89. The van der Waals surface area contributed by atoms with E-state index in [4.69, 9.17) is 4.74 Å². The molecule has 0 spiro atoms. The Morgan fingerprint density at radius 1 is 1.32 bits per heavy atom. The predicted octanol–water partition coefficient (Wildman–Crippen LogP) is 3.31. The number of hydrogen-bond acceptors (Lipinski definition) is 5. The zero-order chi connectivity index (χ0) is 20.6. The molecule has 0 aliphatic carbocycles. The van der Waals surface area contributed by atoms with Crippen molar-refractivity contribution in [3.8, 4) is 6.07 Å². The molecule has 0 unspecified atom stereocenters. The highest BCUT2D eigenvalue weighted by Gasteiger charge is 2.63. The molecule has 2 atom stereocenters. The second kappa shape index (κ2) is 7.38.